The highest BCUT2D eigenvalue weighted by Gasteiger charge is 2.03. The van der Waals surface area contributed by atoms with Gasteiger partial charge in [-0.1, -0.05) is 0 Å². The molecule has 0 aliphatic heterocycles. The first kappa shape index (κ1) is 16.4. The molecule has 5 nitrogen and oxygen atoms in total. The molecule has 0 aliphatic carbocycles. The van der Waals surface area contributed by atoms with Crippen LogP contribution in [0.25, 0.3) is 0 Å². The first-order valence-corrected chi connectivity index (χ1v) is 6.75. The number of benzene rings is 1. The van der Waals surface area contributed by atoms with Crippen molar-refractivity contribution >= 4 is 0 Å². The van der Waals surface area contributed by atoms with Gasteiger partial charge in [-0.15, -0.1) is 0 Å². The Balaban J connectivity index is 2.23. The average molecular weight is 278 g/mol. The number of methoxy groups -OCH3 is 1. The monoisotopic (exact) mass is 278 g/mol. The van der Waals surface area contributed by atoms with Crippen LogP contribution in [-0.4, -0.2) is 56.6 Å². The summed E-state index contributed by atoms with van der Waals surface area (Å²) in [5.74, 6) is 0.773. The van der Waals surface area contributed by atoms with E-state index < -0.39 is 0 Å². The summed E-state index contributed by atoms with van der Waals surface area (Å²) in [6.07, 6.45) is 0.879. The van der Waals surface area contributed by atoms with Crippen LogP contribution in [0.2, 0.25) is 0 Å². The van der Waals surface area contributed by atoms with Crippen LogP contribution in [0.3, 0.4) is 0 Å². The molecule has 0 radical (unpaired) electrons. The number of hydrogen-bond acceptors (Lipinski definition) is 5. The van der Waals surface area contributed by atoms with E-state index >= 15 is 0 Å². The molecule has 1 rings (SSSR count). The Labute approximate surface area is 120 Å². The van der Waals surface area contributed by atoms with Crippen molar-refractivity contribution in [2.75, 3.05) is 46.6 Å². The lowest BCUT2D eigenvalue weighted by atomic mass is 10.2. The summed E-state index contributed by atoms with van der Waals surface area (Å²) in [5, 5.41) is 17.7. The van der Waals surface area contributed by atoms with Gasteiger partial charge in [-0.3, -0.25) is 4.90 Å². The van der Waals surface area contributed by atoms with Crippen LogP contribution >= 0.6 is 0 Å². The van der Waals surface area contributed by atoms with Crippen molar-refractivity contribution in [1.82, 2.24) is 4.90 Å². The summed E-state index contributed by atoms with van der Waals surface area (Å²) >= 11 is 0. The van der Waals surface area contributed by atoms with E-state index in [0.29, 0.717) is 25.3 Å². The fraction of sp³-hybridized carbons (Fsp3) is 0.533. The zero-order chi connectivity index (χ0) is 14.6. The molecule has 20 heavy (non-hydrogen) atoms. The van der Waals surface area contributed by atoms with Crippen molar-refractivity contribution in [1.29, 1.82) is 5.26 Å². The summed E-state index contributed by atoms with van der Waals surface area (Å²) in [6, 6.07) is 9.16. The van der Waals surface area contributed by atoms with E-state index in [-0.39, 0.29) is 6.61 Å². The van der Waals surface area contributed by atoms with Crippen molar-refractivity contribution < 1.29 is 14.6 Å². The number of aliphatic hydroxyl groups excluding tert-OH is 1. The van der Waals surface area contributed by atoms with Gasteiger partial charge in [0, 0.05) is 26.7 Å². The Morgan fingerprint density at radius 3 is 2.50 bits per heavy atom. The molecule has 5 heteroatoms. The average Bonchev–Trinajstić information content (AvgIpc) is 2.49. The van der Waals surface area contributed by atoms with Crippen LogP contribution in [0.1, 0.15) is 12.0 Å². The molecular formula is C15H22N2O3. The maximum absolute atomic E-state index is 8.98. The molecule has 1 aromatic rings. The van der Waals surface area contributed by atoms with Gasteiger partial charge in [0.25, 0.3) is 0 Å². The first-order valence-electron chi connectivity index (χ1n) is 6.75. The van der Waals surface area contributed by atoms with Gasteiger partial charge in [0.2, 0.25) is 0 Å². The predicted octanol–water partition coefficient (Wildman–Crippen LogP) is 1.27. The first-order chi connectivity index (χ1) is 9.80. The van der Waals surface area contributed by atoms with Crippen LogP contribution < -0.4 is 4.74 Å². The normalized spacial score (nSPS) is 10.5. The van der Waals surface area contributed by atoms with Crippen molar-refractivity contribution in [3.63, 3.8) is 0 Å². The SMILES string of the molecule is COCCN(CCO)CCCOc1ccc(C#N)cc1. The van der Waals surface area contributed by atoms with E-state index in [1.165, 1.54) is 0 Å². The maximum atomic E-state index is 8.98. The minimum absolute atomic E-state index is 0.153. The third-order valence-electron chi connectivity index (χ3n) is 2.90. The summed E-state index contributed by atoms with van der Waals surface area (Å²) in [4.78, 5) is 2.14. The standard InChI is InChI=1S/C15H22N2O3/c1-19-12-9-17(8-10-18)7-2-11-20-15-5-3-14(13-16)4-6-15/h3-6,18H,2,7-12H2,1H3. The van der Waals surface area contributed by atoms with E-state index in [1.54, 1.807) is 31.4 Å². The fourth-order valence-corrected chi connectivity index (χ4v) is 1.80. The molecular weight excluding hydrogens is 256 g/mol. The number of ether oxygens (including phenoxy) is 2. The lowest BCUT2D eigenvalue weighted by molar-refractivity contribution is 0.126. The van der Waals surface area contributed by atoms with Gasteiger partial charge in [0.1, 0.15) is 5.75 Å². The van der Waals surface area contributed by atoms with Crippen LogP contribution in [-0.2, 0) is 4.74 Å². The molecule has 110 valence electrons. The second-order valence-corrected chi connectivity index (χ2v) is 4.40. The Kier molecular flexibility index (Phi) is 8.40. The zero-order valence-electron chi connectivity index (χ0n) is 11.9. The molecule has 0 saturated carbocycles. The molecule has 0 atom stereocenters. The highest BCUT2D eigenvalue weighted by Crippen LogP contribution is 2.11. The van der Waals surface area contributed by atoms with Crippen molar-refractivity contribution in [3.05, 3.63) is 29.8 Å². The third-order valence-corrected chi connectivity index (χ3v) is 2.90. The second kappa shape index (κ2) is 10.2. The second-order valence-electron chi connectivity index (χ2n) is 4.40. The van der Waals surface area contributed by atoms with Crippen LogP contribution in [0, 0.1) is 11.3 Å². The molecule has 0 bridgehead atoms. The fourth-order valence-electron chi connectivity index (χ4n) is 1.80. The summed E-state index contributed by atoms with van der Waals surface area (Å²) in [6.45, 7) is 3.76. The number of hydrogen-bond donors (Lipinski definition) is 1. The van der Waals surface area contributed by atoms with Gasteiger partial charge in [-0.05, 0) is 30.7 Å². The van der Waals surface area contributed by atoms with Crippen molar-refractivity contribution in [2.24, 2.45) is 0 Å². The predicted molar refractivity (Wildman–Crippen MR) is 76.7 cm³/mol. The molecule has 0 aromatic heterocycles. The molecule has 1 aromatic carbocycles. The molecule has 1 N–H and O–H groups in total. The molecule has 0 heterocycles. The van der Waals surface area contributed by atoms with E-state index in [1.807, 2.05) is 0 Å². The van der Waals surface area contributed by atoms with E-state index in [2.05, 4.69) is 11.0 Å². The summed E-state index contributed by atoms with van der Waals surface area (Å²) in [7, 11) is 1.67. The Hall–Kier alpha value is -1.61. The number of nitrogens with zero attached hydrogens (tertiary/aromatic N) is 2. The highest BCUT2D eigenvalue weighted by atomic mass is 16.5. The number of aliphatic hydroxyl groups is 1. The smallest absolute Gasteiger partial charge is 0.119 e. The summed E-state index contributed by atoms with van der Waals surface area (Å²) in [5.41, 5.74) is 0.631. The topological polar surface area (TPSA) is 65.7 Å². The largest absolute Gasteiger partial charge is 0.494 e. The molecule has 0 aliphatic rings. The van der Waals surface area contributed by atoms with Gasteiger partial charge >= 0.3 is 0 Å². The Morgan fingerprint density at radius 2 is 1.90 bits per heavy atom. The number of nitriles is 1. The lowest BCUT2D eigenvalue weighted by Gasteiger charge is -2.20. The van der Waals surface area contributed by atoms with Crippen LogP contribution in [0.4, 0.5) is 0 Å². The minimum atomic E-state index is 0.153. The Morgan fingerprint density at radius 1 is 1.15 bits per heavy atom. The van der Waals surface area contributed by atoms with E-state index in [9.17, 15) is 0 Å². The van der Waals surface area contributed by atoms with Gasteiger partial charge in [0.05, 0.1) is 31.5 Å². The Bertz CT molecular complexity index is 401. The quantitative estimate of drug-likeness (QED) is 0.653. The van der Waals surface area contributed by atoms with E-state index in [0.717, 1.165) is 25.3 Å². The summed E-state index contributed by atoms with van der Waals surface area (Å²) < 4.78 is 10.6. The molecule has 0 amide bonds. The molecule has 0 unspecified atom stereocenters. The molecule has 0 fully saturated rings. The van der Waals surface area contributed by atoms with Gasteiger partial charge in [-0.25, -0.2) is 0 Å². The molecule has 0 saturated heterocycles. The van der Waals surface area contributed by atoms with Gasteiger partial charge in [-0.2, -0.15) is 5.26 Å². The number of rotatable bonds is 10. The van der Waals surface area contributed by atoms with Gasteiger partial charge in [0.15, 0.2) is 0 Å². The van der Waals surface area contributed by atoms with Gasteiger partial charge < -0.3 is 14.6 Å². The van der Waals surface area contributed by atoms with Crippen LogP contribution in [0.5, 0.6) is 5.75 Å². The van der Waals surface area contributed by atoms with Crippen LogP contribution in [0.15, 0.2) is 24.3 Å². The van der Waals surface area contributed by atoms with E-state index in [4.69, 9.17) is 19.8 Å². The third kappa shape index (κ3) is 6.53. The maximum Gasteiger partial charge on any atom is 0.119 e. The lowest BCUT2D eigenvalue weighted by Crippen LogP contribution is -2.32. The van der Waals surface area contributed by atoms with Crippen molar-refractivity contribution in [3.8, 4) is 11.8 Å². The van der Waals surface area contributed by atoms with Crippen molar-refractivity contribution in [2.45, 2.75) is 6.42 Å². The molecule has 0 spiro atoms. The minimum Gasteiger partial charge on any atom is -0.494 e. The zero-order valence-corrected chi connectivity index (χ0v) is 11.9. The highest BCUT2D eigenvalue weighted by molar-refractivity contribution is 5.34.